The Bertz CT molecular complexity index is 277. The average Bonchev–Trinajstić information content (AvgIpc) is 2.31. The SMILES string of the molecule is CCC(CC)[C@@H](C)N[C@H](C)c1ccccc1. The minimum Gasteiger partial charge on any atom is -0.307 e. The van der Waals surface area contributed by atoms with Crippen molar-refractivity contribution in [3.05, 3.63) is 35.9 Å². The van der Waals surface area contributed by atoms with Crippen molar-refractivity contribution in [3.63, 3.8) is 0 Å². The van der Waals surface area contributed by atoms with Crippen LogP contribution in [0.5, 0.6) is 0 Å². The molecular formula is C15H25N. The maximum absolute atomic E-state index is 3.70. The van der Waals surface area contributed by atoms with Crippen molar-refractivity contribution >= 4 is 0 Å². The molecule has 0 aliphatic rings. The van der Waals surface area contributed by atoms with Crippen LogP contribution in [0.4, 0.5) is 0 Å². The van der Waals surface area contributed by atoms with Gasteiger partial charge in [-0.3, -0.25) is 0 Å². The number of rotatable bonds is 6. The third kappa shape index (κ3) is 3.64. The van der Waals surface area contributed by atoms with Crippen molar-refractivity contribution in [2.75, 3.05) is 0 Å². The zero-order valence-corrected chi connectivity index (χ0v) is 11.0. The summed E-state index contributed by atoms with van der Waals surface area (Å²) in [6, 6.07) is 11.7. The van der Waals surface area contributed by atoms with Crippen molar-refractivity contribution in [1.29, 1.82) is 0 Å². The van der Waals surface area contributed by atoms with E-state index in [1.807, 2.05) is 0 Å². The Labute approximate surface area is 100 Å². The quantitative estimate of drug-likeness (QED) is 0.757. The summed E-state index contributed by atoms with van der Waals surface area (Å²) in [6.07, 6.45) is 2.51. The van der Waals surface area contributed by atoms with Gasteiger partial charge in [0.1, 0.15) is 0 Å². The van der Waals surface area contributed by atoms with E-state index >= 15 is 0 Å². The average molecular weight is 219 g/mol. The molecule has 1 heteroatoms. The van der Waals surface area contributed by atoms with Gasteiger partial charge in [-0.05, 0) is 25.3 Å². The van der Waals surface area contributed by atoms with E-state index in [1.54, 1.807) is 0 Å². The summed E-state index contributed by atoms with van der Waals surface area (Å²) < 4.78 is 0. The number of benzene rings is 1. The van der Waals surface area contributed by atoms with Crippen LogP contribution in [-0.2, 0) is 0 Å². The molecule has 2 atom stereocenters. The van der Waals surface area contributed by atoms with Gasteiger partial charge in [0.15, 0.2) is 0 Å². The molecule has 1 rings (SSSR count). The Hall–Kier alpha value is -0.820. The molecule has 0 unspecified atom stereocenters. The van der Waals surface area contributed by atoms with Gasteiger partial charge in [0.25, 0.3) is 0 Å². The molecule has 0 heterocycles. The van der Waals surface area contributed by atoms with Crippen molar-refractivity contribution in [1.82, 2.24) is 5.32 Å². The largest absolute Gasteiger partial charge is 0.307 e. The van der Waals surface area contributed by atoms with Crippen molar-refractivity contribution in [2.24, 2.45) is 5.92 Å². The van der Waals surface area contributed by atoms with E-state index in [9.17, 15) is 0 Å². The molecule has 0 spiro atoms. The third-order valence-electron chi connectivity index (χ3n) is 3.57. The van der Waals surface area contributed by atoms with Gasteiger partial charge in [-0.1, -0.05) is 57.0 Å². The molecule has 0 aliphatic carbocycles. The normalized spacial score (nSPS) is 15.1. The third-order valence-corrected chi connectivity index (χ3v) is 3.57. The monoisotopic (exact) mass is 219 g/mol. The Morgan fingerprint density at radius 3 is 2.06 bits per heavy atom. The zero-order valence-electron chi connectivity index (χ0n) is 11.0. The van der Waals surface area contributed by atoms with Crippen LogP contribution in [0.25, 0.3) is 0 Å². The summed E-state index contributed by atoms with van der Waals surface area (Å²) in [5.41, 5.74) is 1.38. The zero-order chi connectivity index (χ0) is 12.0. The molecular weight excluding hydrogens is 194 g/mol. The van der Waals surface area contributed by atoms with Crippen molar-refractivity contribution < 1.29 is 0 Å². The van der Waals surface area contributed by atoms with Gasteiger partial charge in [-0.2, -0.15) is 0 Å². The van der Waals surface area contributed by atoms with Crippen molar-refractivity contribution in [3.8, 4) is 0 Å². The van der Waals surface area contributed by atoms with Crippen molar-refractivity contribution in [2.45, 2.75) is 52.6 Å². The molecule has 1 aromatic carbocycles. The Morgan fingerprint density at radius 1 is 1.00 bits per heavy atom. The predicted molar refractivity (Wildman–Crippen MR) is 71.5 cm³/mol. The fourth-order valence-electron chi connectivity index (χ4n) is 2.36. The first kappa shape index (κ1) is 13.2. The van der Waals surface area contributed by atoms with E-state index in [-0.39, 0.29) is 0 Å². The molecule has 0 saturated heterocycles. The van der Waals surface area contributed by atoms with Crippen LogP contribution in [0.2, 0.25) is 0 Å². The van der Waals surface area contributed by atoms with Crippen LogP contribution < -0.4 is 5.32 Å². The molecule has 0 saturated carbocycles. The number of nitrogens with one attached hydrogen (secondary N) is 1. The van der Waals surface area contributed by atoms with Crippen LogP contribution >= 0.6 is 0 Å². The van der Waals surface area contributed by atoms with Gasteiger partial charge in [0, 0.05) is 12.1 Å². The lowest BCUT2D eigenvalue weighted by Crippen LogP contribution is -2.34. The van der Waals surface area contributed by atoms with E-state index in [2.05, 4.69) is 63.3 Å². The standard InChI is InChI=1S/C15H25N/c1-5-14(6-2)12(3)16-13(4)15-10-8-7-9-11-15/h7-14,16H,5-6H2,1-4H3/t12-,13-/m1/s1. The van der Waals surface area contributed by atoms with Gasteiger partial charge < -0.3 is 5.32 Å². The Morgan fingerprint density at radius 2 is 1.56 bits per heavy atom. The highest BCUT2D eigenvalue weighted by molar-refractivity contribution is 5.18. The second-order valence-corrected chi connectivity index (χ2v) is 4.66. The molecule has 0 fully saturated rings. The van der Waals surface area contributed by atoms with Crippen LogP contribution in [-0.4, -0.2) is 6.04 Å². The molecule has 0 radical (unpaired) electrons. The summed E-state index contributed by atoms with van der Waals surface area (Å²) in [5.74, 6) is 0.783. The highest BCUT2D eigenvalue weighted by atomic mass is 14.9. The molecule has 1 N–H and O–H groups in total. The minimum atomic E-state index is 0.441. The topological polar surface area (TPSA) is 12.0 Å². The molecule has 0 aliphatic heterocycles. The van der Waals surface area contributed by atoms with Crippen LogP contribution in [0.3, 0.4) is 0 Å². The fourth-order valence-corrected chi connectivity index (χ4v) is 2.36. The summed E-state index contributed by atoms with van der Waals surface area (Å²) in [5, 5.41) is 3.70. The minimum absolute atomic E-state index is 0.441. The van der Waals surface area contributed by atoms with Crippen LogP contribution in [0.15, 0.2) is 30.3 Å². The molecule has 90 valence electrons. The summed E-state index contributed by atoms with van der Waals surface area (Å²) in [4.78, 5) is 0. The molecule has 1 aromatic rings. The Kier molecular flexibility index (Phi) is 5.54. The lowest BCUT2D eigenvalue weighted by atomic mass is 9.94. The van der Waals surface area contributed by atoms with E-state index in [0.717, 1.165) is 5.92 Å². The Balaban J connectivity index is 2.54. The lowest BCUT2D eigenvalue weighted by molar-refractivity contribution is 0.330. The van der Waals surface area contributed by atoms with Gasteiger partial charge >= 0.3 is 0 Å². The first-order valence-electron chi connectivity index (χ1n) is 6.50. The van der Waals surface area contributed by atoms with E-state index in [0.29, 0.717) is 12.1 Å². The smallest absolute Gasteiger partial charge is 0.0294 e. The second kappa shape index (κ2) is 6.70. The summed E-state index contributed by atoms with van der Waals surface area (Å²) >= 11 is 0. The van der Waals surface area contributed by atoms with Gasteiger partial charge in [0.2, 0.25) is 0 Å². The van der Waals surface area contributed by atoms with Gasteiger partial charge in [-0.15, -0.1) is 0 Å². The molecule has 0 bridgehead atoms. The van der Waals surface area contributed by atoms with E-state index < -0.39 is 0 Å². The lowest BCUT2D eigenvalue weighted by Gasteiger charge is -2.26. The summed E-state index contributed by atoms with van der Waals surface area (Å²) in [7, 11) is 0. The van der Waals surface area contributed by atoms with E-state index in [4.69, 9.17) is 0 Å². The van der Waals surface area contributed by atoms with Gasteiger partial charge in [-0.25, -0.2) is 0 Å². The second-order valence-electron chi connectivity index (χ2n) is 4.66. The molecule has 0 amide bonds. The molecule has 16 heavy (non-hydrogen) atoms. The highest BCUT2D eigenvalue weighted by Crippen LogP contribution is 2.18. The van der Waals surface area contributed by atoms with Crippen LogP contribution in [0.1, 0.15) is 52.1 Å². The fraction of sp³-hybridized carbons (Fsp3) is 0.600. The summed E-state index contributed by atoms with van der Waals surface area (Å²) in [6.45, 7) is 9.10. The van der Waals surface area contributed by atoms with Gasteiger partial charge in [0.05, 0.1) is 0 Å². The maximum atomic E-state index is 3.70. The predicted octanol–water partition coefficient (Wildman–Crippen LogP) is 4.16. The first-order chi connectivity index (χ1) is 7.69. The molecule has 1 nitrogen and oxygen atoms in total. The number of hydrogen-bond acceptors (Lipinski definition) is 1. The first-order valence-corrected chi connectivity index (χ1v) is 6.50. The maximum Gasteiger partial charge on any atom is 0.0294 e. The van der Waals surface area contributed by atoms with E-state index in [1.165, 1.54) is 18.4 Å². The number of hydrogen-bond donors (Lipinski definition) is 1. The highest BCUT2D eigenvalue weighted by Gasteiger charge is 2.15. The molecule has 0 aromatic heterocycles. The van der Waals surface area contributed by atoms with Crippen LogP contribution in [0, 0.1) is 5.92 Å².